The lowest BCUT2D eigenvalue weighted by atomic mass is 9.91. The second kappa shape index (κ2) is 7.25. The van der Waals surface area contributed by atoms with Crippen LogP contribution in [0.2, 0.25) is 0 Å². The Morgan fingerprint density at radius 1 is 1.04 bits per heavy atom. The molecule has 0 fully saturated rings. The van der Waals surface area contributed by atoms with E-state index in [0.717, 1.165) is 12.1 Å². The molecule has 6 nitrogen and oxygen atoms in total. The van der Waals surface area contributed by atoms with Crippen LogP contribution < -0.4 is 11.1 Å². The Kier molecular flexibility index (Phi) is 5.14. The molecular weight excluding hydrogens is 373 g/mol. The molecule has 1 atom stereocenters. The lowest BCUT2D eigenvalue weighted by Gasteiger charge is -2.22. The maximum absolute atomic E-state index is 12.7. The number of aliphatic hydroxyl groups excluding tert-OH is 1. The second-order valence-electron chi connectivity index (χ2n) is 6.82. The van der Waals surface area contributed by atoms with E-state index < -0.39 is 23.4 Å². The van der Waals surface area contributed by atoms with Gasteiger partial charge in [0.1, 0.15) is 6.23 Å². The van der Waals surface area contributed by atoms with E-state index in [9.17, 15) is 18.3 Å². The number of hydrogen-bond acceptors (Lipinski definition) is 6. The van der Waals surface area contributed by atoms with Gasteiger partial charge in [-0.3, -0.25) is 0 Å². The van der Waals surface area contributed by atoms with Gasteiger partial charge < -0.3 is 20.6 Å². The summed E-state index contributed by atoms with van der Waals surface area (Å²) in [6.45, 7) is 3.34. The topological polar surface area (TPSA) is 97.2 Å². The SMILES string of the molecule is CC(C)(c1nnc(-c2ccccc2Nc2ccc(C(F)(F)F)cc2)o1)C(N)O. The van der Waals surface area contributed by atoms with E-state index in [2.05, 4.69) is 15.5 Å². The summed E-state index contributed by atoms with van der Waals surface area (Å²) in [7, 11) is 0. The van der Waals surface area contributed by atoms with E-state index in [0.29, 0.717) is 16.9 Å². The number of anilines is 2. The van der Waals surface area contributed by atoms with E-state index in [1.165, 1.54) is 12.1 Å². The number of hydrogen-bond donors (Lipinski definition) is 3. The van der Waals surface area contributed by atoms with Crippen LogP contribution in [0.1, 0.15) is 25.3 Å². The third kappa shape index (κ3) is 4.00. The molecule has 28 heavy (non-hydrogen) atoms. The number of aromatic nitrogens is 2. The summed E-state index contributed by atoms with van der Waals surface area (Å²) in [5, 5.41) is 20.7. The molecule has 1 aromatic heterocycles. The molecule has 1 heterocycles. The van der Waals surface area contributed by atoms with Crippen LogP contribution in [-0.4, -0.2) is 21.5 Å². The van der Waals surface area contributed by atoms with Crippen molar-refractivity contribution in [2.45, 2.75) is 31.7 Å². The van der Waals surface area contributed by atoms with Gasteiger partial charge in [0.05, 0.1) is 22.2 Å². The monoisotopic (exact) mass is 392 g/mol. The van der Waals surface area contributed by atoms with Gasteiger partial charge in [-0.05, 0) is 50.2 Å². The van der Waals surface area contributed by atoms with Crippen LogP contribution in [0.15, 0.2) is 52.9 Å². The van der Waals surface area contributed by atoms with Gasteiger partial charge in [-0.15, -0.1) is 10.2 Å². The zero-order valence-corrected chi connectivity index (χ0v) is 15.2. The Bertz CT molecular complexity index is 950. The minimum Gasteiger partial charge on any atom is -0.420 e. The van der Waals surface area contributed by atoms with Crippen LogP contribution in [0.3, 0.4) is 0 Å². The molecule has 0 aliphatic carbocycles. The van der Waals surface area contributed by atoms with Gasteiger partial charge in [0.25, 0.3) is 0 Å². The minimum absolute atomic E-state index is 0.168. The number of nitrogens with zero attached hydrogens (tertiary/aromatic N) is 2. The lowest BCUT2D eigenvalue weighted by molar-refractivity contribution is -0.137. The molecule has 9 heteroatoms. The molecule has 0 aliphatic rings. The number of rotatable bonds is 5. The van der Waals surface area contributed by atoms with Crippen molar-refractivity contribution in [3.63, 3.8) is 0 Å². The zero-order chi connectivity index (χ0) is 20.5. The normalized spacial score (nSPS) is 13.4. The summed E-state index contributed by atoms with van der Waals surface area (Å²) in [4.78, 5) is 0. The first-order valence-electron chi connectivity index (χ1n) is 8.40. The molecule has 0 amide bonds. The fourth-order valence-corrected chi connectivity index (χ4v) is 2.40. The summed E-state index contributed by atoms with van der Waals surface area (Å²) in [6, 6.07) is 11.7. The van der Waals surface area contributed by atoms with Crippen LogP contribution >= 0.6 is 0 Å². The van der Waals surface area contributed by atoms with Crippen molar-refractivity contribution in [2.24, 2.45) is 5.73 Å². The molecule has 3 rings (SSSR count). The Labute approximate surface area is 159 Å². The molecule has 3 aromatic rings. The average molecular weight is 392 g/mol. The average Bonchev–Trinajstić information content (AvgIpc) is 3.12. The van der Waals surface area contributed by atoms with Crippen molar-refractivity contribution in [3.8, 4) is 11.5 Å². The first-order chi connectivity index (χ1) is 13.1. The third-order valence-corrected chi connectivity index (χ3v) is 4.36. The summed E-state index contributed by atoms with van der Waals surface area (Å²) < 4.78 is 43.8. The van der Waals surface area contributed by atoms with Crippen molar-refractivity contribution in [1.82, 2.24) is 10.2 Å². The molecule has 0 bridgehead atoms. The highest BCUT2D eigenvalue weighted by atomic mass is 19.4. The van der Waals surface area contributed by atoms with Crippen molar-refractivity contribution < 1.29 is 22.7 Å². The predicted octanol–water partition coefficient (Wildman–Crippen LogP) is 4.05. The summed E-state index contributed by atoms with van der Waals surface area (Å²) in [6.07, 6.45) is -5.59. The van der Waals surface area contributed by atoms with Crippen LogP contribution in [-0.2, 0) is 11.6 Å². The number of aliphatic hydroxyl groups is 1. The number of halogens is 3. The maximum Gasteiger partial charge on any atom is 0.416 e. The van der Waals surface area contributed by atoms with Crippen LogP contribution in [0.5, 0.6) is 0 Å². The smallest absolute Gasteiger partial charge is 0.416 e. The van der Waals surface area contributed by atoms with E-state index in [1.54, 1.807) is 38.1 Å². The predicted molar refractivity (Wildman–Crippen MR) is 97.7 cm³/mol. The van der Waals surface area contributed by atoms with Crippen LogP contribution in [0.25, 0.3) is 11.5 Å². The van der Waals surface area contributed by atoms with E-state index in [-0.39, 0.29) is 11.8 Å². The molecule has 2 aromatic carbocycles. The highest BCUT2D eigenvalue weighted by Crippen LogP contribution is 2.34. The Hall–Kier alpha value is -2.91. The standard InChI is InChI=1S/C19H19F3N4O2/c1-18(2,16(23)27)17-26-25-15(28-17)13-5-3-4-6-14(13)24-12-9-7-11(8-10-12)19(20,21)22/h3-10,16,24,27H,23H2,1-2H3. The third-order valence-electron chi connectivity index (χ3n) is 4.36. The fourth-order valence-electron chi connectivity index (χ4n) is 2.40. The van der Waals surface area contributed by atoms with Crippen molar-refractivity contribution >= 4 is 11.4 Å². The van der Waals surface area contributed by atoms with E-state index in [1.807, 2.05) is 0 Å². The summed E-state index contributed by atoms with van der Waals surface area (Å²) in [5.41, 5.74) is 5.49. The van der Waals surface area contributed by atoms with Crippen molar-refractivity contribution in [3.05, 3.63) is 60.0 Å². The van der Waals surface area contributed by atoms with Gasteiger partial charge in [-0.25, -0.2) is 0 Å². The van der Waals surface area contributed by atoms with E-state index in [4.69, 9.17) is 10.2 Å². The quantitative estimate of drug-likeness (QED) is 0.567. The highest BCUT2D eigenvalue weighted by molar-refractivity contribution is 5.76. The van der Waals surface area contributed by atoms with E-state index >= 15 is 0 Å². The molecule has 1 unspecified atom stereocenters. The zero-order valence-electron chi connectivity index (χ0n) is 15.2. The molecule has 0 aliphatic heterocycles. The number of benzene rings is 2. The minimum atomic E-state index is -4.39. The van der Waals surface area contributed by atoms with Crippen molar-refractivity contribution in [1.29, 1.82) is 0 Å². The number of nitrogens with one attached hydrogen (secondary N) is 1. The molecule has 0 radical (unpaired) electrons. The van der Waals surface area contributed by atoms with Gasteiger partial charge in [0, 0.05) is 5.69 Å². The fraction of sp³-hybridized carbons (Fsp3) is 0.263. The van der Waals surface area contributed by atoms with Gasteiger partial charge >= 0.3 is 6.18 Å². The maximum atomic E-state index is 12.7. The molecule has 0 saturated heterocycles. The van der Waals surface area contributed by atoms with Crippen LogP contribution in [0, 0.1) is 0 Å². The second-order valence-corrected chi connectivity index (χ2v) is 6.82. The van der Waals surface area contributed by atoms with Gasteiger partial charge in [-0.2, -0.15) is 13.2 Å². The Balaban J connectivity index is 1.89. The molecular formula is C19H19F3N4O2. The number of alkyl halides is 3. The largest absolute Gasteiger partial charge is 0.420 e. The molecule has 148 valence electrons. The first kappa shape index (κ1) is 19.8. The summed E-state index contributed by atoms with van der Waals surface area (Å²) >= 11 is 0. The lowest BCUT2D eigenvalue weighted by Crippen LogP contribution is -2.40. The Morgan fingerprint density at radius 3 is 2.29 bits per heavy atom. The van der Waals surface area contributed by atoms with Gasteiger partial charge in [-0.1, -0.05) is 12.1 Å². The first-order valence-corrected chi connectivity index (χ1v) is 8.40. The molecule has 0 saturated carbocycles. The molecule has 0 spiro atoms. The number of nitrogens with two attached hydrogens (primary N) is 1. The molecule has 4 N–H and O–H groups in total. The van der Waals surface area contributed by atoms with Gasteiger partial charge in [0.15, 0.2) is 0 Å². The highest BCUT2D eigenvalue weighted by Gasteiger charge is 2.33. The number of para-hydroxylation sites is 1. The van der Waals surface area contributed by atoms with Crippen molar-refractivity contribution in [2.75, 3.05) is 5.32 Å². The Morgan fingerprint density at radius 2 is 1.68 bits per heavy atom. The van der Waals surface area contributed by atoms with Crippen LogP contribution in [0.4, 0.5) is 24.5 Å². The summed E-state index contributed by atoms with van der Waals surface area (Å²) in [5.74, 6) is 0.362. The van der Waals surface area contributed by atoms with Gasteiger partial charge in [0.2, 0.25) is 11.8 Å².